The Balaban J connectivity index is 1.74. The Morgan fingerprint density at radius 1 is 1.00 bits per heavy atom. The lowest BCUT2D eigenvalue weighted by Crippen LogP contribution is -2.30. The van der Waals surface area contributed by atoms with Gasteiger partial charge in [-0.05, 0) is 47.4 Å². The number of benzene rings is 3. The quantitative estimate of drug-likeness (QED) is 0.473. The lowest BCUT2D eigenvalue weighted by molar-refractivity contribution is 0.437. The fourth-order valence-corrected chi connectivity index (χ4v) is 4.20. The van der Waals surface area contributed by atoms with E-state index in [4.69, 9.17) is 10.1 Å². The molecule has 146 valence electrons. The molecule has 2 atom stereocenters. The van der Waals surface area contributed by atoms with E-state index in [1.54, 1.807) is 0 Å². The molecule has 0 amide bonds. The van der Waals surface area contributed by atoms with Crippen molar-refractivity contribution in [1.29, 1.82) is 10.7 Å². The van der Waals surface area contributed by atoms with Crippen LogP contribution in [0.3, 0.4) is 0 Å². The fraction of sp³-hybridized carbons (Fsp3) is 0.160. The molecule has 0 saturated carbocycles. The predicted octanol–water partition coefficient (Wildman–Crippen LogP) is 5.49. The number of hydrogen-bond donors (Lipinski definition) is 2. The first-order valence-electron chi connectivity index (χ1n) is 9.87. The van der Waals surface area contributed by atoms with Crippen LogP contribution in [0.15, 0.2) is 60.7 Å². The van der Waals surface area contributed by atoms with Crippen molar-refractivity contribution in [3.05, 3.63) is 82.9 Å². The molecule has 0 saturated heterocycles. The number of nitrogens with zero attached hydrogens (tertiary/aromatic N) is 2. The van der Waals surface area contributed by atoms with Gasteiger partial charge < -0.3 is 4.74 Å². The van der Waals surface area contributed by atoms with Crippen LogP contribution >= 0.6 is 0 Å². The van der Waals surface area contributed by atoms with Crippen molar-refractivity contribution in [1.82, 2.24) is 10.2 Å². The average Bonchev–Trinajstić information content (AvgIpc) is 3.17. The lowest BCUT2D eigenvalue weighted by atomic mass is 9.78. The van der Waals surface area contributed by atoms with Gasteiger partial charge in [0.05, 0.1) is 17.3 Å². The molecule has 5 nitrogen and oxygen atoms in total. The second-order valence-electron chi connectivity index (χ2n) is 7.77. The third-order valence-electron chi connectivity index (χ3n) is 5.97. The summed E-state index contributed by atoms with van der Waals surface area (Å²) in [4.78, 5) is 0. The molecule has 2 heterocycles. The van der Waals surface area contributed by atoms with E-state index in [2.05, 4.69) is 72.6 Å². The zero-order valence-corrected chi connectivity index (χ0v) is 16.7. The van der Waals surface area contributed by atoms with Crippen molar-refractivity contribution in [3.63, 3.8) is 0 Å². The second-order valence-corrected chi connectivity index (χ2v) is 7.77. The van der Waals surface area contributed by atoms with Crippen molar-refractivity contribution in [2.45, 2.75) is 19.8 Å². The summed E-state index contributed by atoms with van der Waals surface area (Å²) in [6, 6.07) is 22.9. The molecule has 5 heteroatoms. The summed E-state index contributed by atoms with van der Waals surface area (Å²) in [5, 5.41) is 27.9. The van der Waals surface area contributed by atoms with Crippen LogP contribution in [0.2, 0.25) is 0 Å². The number of ether oxygens (including phenoxy) is 1. The molecule has 0 bridgehead atoms. The number of aryl methyl sites for hydroxylation is 2. The third-order valence-corrected chi connectivity index (χ3v) is 5.97. The van der Waals surface area contributed by atoms with Gasteiger partial charge >= 0.3 is 0 Å². The fourth-order valence-electron chi connectivity index (χ4n) is 4.20. The molecule has 5 rings (SSSR count). The van der Waals surface area contributed by atoms with Crippen LogP contribution in [-0.4, -0.2) is 16.1 Å². The number of nitrogens with one attached hydrogen (secondary N) is 2. The van der Waals surface area contributed by atoms with Crippen LogP contribution in [0.1, 0.15) is 28.2 Å². The van der Waals surface area contributed by atoms with Gasteiger partial charge in [-0.2, -0.15) is 5.26 Å². The minimum absolute atomic E-state index is 0.0682. The predicted molar refractivity (Wildman–Crippen MR) is 117 cm³/mol. The standard InChI is InChI=1S/C25H20N4O/c1-14-7-8-19(11-15(14)2)23-22-21(20(13-26)24(27)30-25(22)29-28-23)18-10-9-16-5-3-4-6-17(16)12-18/h3-12,20-21,27H,1-2H3,(H,28,29). The van der Waals surface area contributed by atoms with E-state index in [0.29, 0.717) is 5.88 Å². The molecule has 4 aromatic rings. The summed E-state index contributed by atoms with van der Waals surface area (Å²) in [5.41, 5.74) is 6.02. The molecule has 0 spiro atoms. The van der Waals surface area contributed by atoms with E-state index >= 15 is 0 Å². The third kappa shape index (κ3) is 2.77. The van der Waals surface area contributed by atoms with Crippen LogP contribution in [0.4, 0.5) is 0 Å². The first-order valence-corrected chi connectivity index (χ1v) is 9.87. The highest BCUT2D eigenvalue weighted by atomic mass is 16.5. The number of rotatable bonds is 2. The minimum Gasteiger partial charge on any atom is -0.422 e. The zero-order chi connectivity index (χ0) is 20.8. The Kier molecular flexibility index (Phi) is 4.14. The van der Waals surface area contributed by atoms with Gasteiger partial charge in [-0.15, -0.1) is 5.10 Å². The van der Waals surface area contributed by atoms with Crippen LogP contribution in [0.25, 0.3) is 22.0 Å². The monoisotopic (exact) mass is 392 g/mol. The smallest absolute Gasteiger partial charge is 0.244 e. The first-order chi connectivity index (χ1) is 14.6. The number of H-pyrrole nitrogens is 1. The topological polar surface area (TPSA) is 85.5 Å². The molecular weight excluding hydrogens is 372 g/mol. The van der Waals surface area contributed by atoms with E-state index in [1.165, 1.54) is 11.1 Å². The van der Waals surface area contributed by atoms with Gasteiger partial charge in [-0.3, -0.25) is 10.5 Å². The summed E-state index contributed by atoms with van der Waals surface area (Å²) in [5.74, 6) is -0.757. The number of nitriles is 1. The van der Waals surface area contributed by atoms with Crippen LogP contribution < -0.4 is 4.74 Å². The van der Waals surface area contributed by atoms with E-state index in [0.717, 1.165) is 33.2 Å². The van der Waals surface area contributed by atoms with E-state index in [9.17, 15) is 5.26 Å². The molecule has 2 N–H and O–H groups in total. The summed E-state index contributed by atoms with van der Waals surface area (Å²) >= 11 is 0. The van der Waals surface area contributed by atoms with E-state index in [1.807, 2.05) is 18.2 Å². The van der Waals surface area contributed by atoms with Crippen molar-refractivity contribution >= 4 is 16.7 Å². The summed E-state index contributed by atoms with van der Waals surface area (Å²) in [6.45, 7) is 4.16. The summed E-state index contributed by atoms with van der Waals surface area (Å²) < 4.78 is 5.65. The zero-order valence-electron chi connectivity index (χ0n) is 16.7. The SMILES string of the molecule is Cc1ccc(-c2[nH]nc3c2C(c2ccc4ccccc4c2)C(C#N)C(=N)O3)cc1C. The highest BCUT2D eigenvalue weighted by molar-refractivity contribution is 5.88. The Bertz CT molecular complexity index is 1350. The maximum atomic E-state index is 9.91. The van der Waals surface area contributed by atoms with Crippen molar-refractivity contribution < 1.29 is 4.74 Å². The number of aromatic amines is 1. The van der Waals surface area contributed by atoms with Gasteiger partial charge in [0.1, 0.15) is 5.92 Å². The van der Waals surface area contributed by atoms with Gasteiger partial charge in [-0.1, -0.05) is 54.6 Å². The van der Waals surface area contributed by atoms with Crippen LogP contribution in [0, 0.1) is 36.5 Å². The Hall–Kier alpha value is -3.91. The molecule has 1 aromatic heterocycles. The lowest BCUT2D eigenvalue weighted by Gasteiger charge is -2.28. The highest BCUT2D eigenvalue weighted by Crippen LogP contribution is 2.46. The van der Waals surface area contributed by atoms with Gasteiger partial charge in [0, 0.05) is 11.5 Å². The van der Waals surface area contributed by atoms with Crippen molar-refractivity contribution in [2.75, 3.05) is 0 Å². The van der Waals surface area contributed by atoms with Crippen molar-refractivity contribution in [3.8, 4) is 23.2 Å². The molecule has 1 aliphatic rings. The highest BCUT2D eigenvalue weighted by Gasteiger charge is 2.40. The van der Waals surface area contributed by atoms with Gasteiger partial charge in [0.25, 0.3) is 0 Å². The average molecular weight is 392 g/mol. The molecule has 0 aliphatic carbocycles. The van der Waals surface area contributed by atoms with E-state index < -0.39 is 5.92 Å². The van der Waals surface area contributed by atoms with Gasteiger partial charge in [-0.25, -0.2) is 0 Å². The minimum atomic E-state index is -0.721. The van der Waals surface area contributed by atoms with Crippen LogP contribution in [-0.2, 0) is 0 Å². The largest absolute Gasteiger partial charge is 0.422 e. The van der Waals surface area contributed by atoms with Gasteiger partial charge in [0.2, 0.25) is 11.8 Å². The second kappa shape index (κ2) is 6.85. The van der Waals surface area contributed by atoms with Gasteiger partial charge in [0.15, 0.2) is 0 Å². The van der Waals surface area contributed by atoms with E-state index in [-0.39, 0.29) is 11.8 Å². The molecule has 1 aliphatic heterocycles. The molecule has 3 aromatic carbocycles. The Morgan fingerprint density at radius 2 is 1.80 bits per heavy atom. The van der Waals surface area contributed by atoms with Crippen molar-refractivity contribution in [2.24, 2.45) is 5.92 Å². The number of fused-ring (bicyclic) bond motifs is 2. The maximum absolute atomic E-state index is 9.91. The molecule has 0 fully saturated rings. The first kappa shape index (κ1) is 18.1. The molecule has 2 unspecified atom stereocenters. The molecule has 30 heavy (non-hydrogen) atoms. The van der Waals surface area contributed by atoms with Crippen LogP contribution in [0.5, 0.6) is 5.88 Å². The normalized spacial score (nSPS) is 18.0. The maximum Gasteiger partial charge on any atom is 0.244 e. The summed E-state index contributed by atoms with van der Waals surface area (Å²) in [7, 11) is 0. The Morgan fingerprint density at radius 3 is 2.57 bits per heavy atom. The molecular formula is C25H20N4O. The number of hydrogen-bond acceptors (Lipinski definition) is 4. The summed E-state index contributed by atoms with van der Waals surface area (Å²) in [6.07, 6.45) is 0. The molecule has 0 radical (unpaired) electrons. The Labute approximate surface area is 174 Å². The number of aromatic nitrogens is 2.